The largest absolute Gasteiger partial charge is 0.504 e. The molecule has 4 aromatic rings. The molecule has 0 amide bonds. The van der Waals surface area contributed by atoms with Gasteiger partial charge in [0.25, 0.3) is 0 Å². The van der Waals surface area contributed by atoms with E-state index in [0.29, 0.717) is 47.5 Å². The lowest BCUT2D eigenvalue weighted by atomic mass is 9.84. The number of ether oxygens (including phenoxy) is 4. The molecule has 6 bridgehead atoms. The number of fused-ring (bicyclic) bond motifs is 2. The van der Waals surface area contributed by atoms with E-state index in [1.54, 1.807) is 20.3 Å². The second kappa shape index (κ2) is 11.3. The number of methoxy groups -OCH3 is 2. The van der Waals surface area contributed by atoms with Crippen LogP contribution >= 0.6 is 0 Å². The maximum Gasteiger partial charge on any atom is 0.201 e. The molecule has 0 radical (unpaired) electrons. The molecule has 0 fully saturated rings. The van der Waals surface area contributed by atoms with Gasteiger partial charge in [-0.25, -0.2) is 0 Å². The SMILES string of the molecule is COc1cc2c3cc1Oc1cc(ccc1O)CC1CN(C)Cc4cc(OC)c(O)c(c41)Oc1ccc(cc1)CC3N(C)CC2. The van der Waals surface area contributed by atoms with E-state index in [1.807, 2.05) is 30.3 Å². The Kier molecular flexibility index (Phi) is 7.26. The van der Waals surface area contributed by atoms with Gasteiger partial charge in [0.1, 0.15) is 5.75 Å². The molecular formula is C36H38N2O6. The number of benzene rings is 4. The van der Waals surface area contributed by atoms with Crippen molar-refractivity contribution in [3.05, 3.63) is 94.0 Å². The predicted molar refractivity (Wildman–Crippen MR) is 168 cm³/mol. The van der Waals surface area contributed by atoms with Crippen molar-refractivity contribution in [2.75, 3.05) is 41.4 Å². The van der Waals surface area contributed by atoms with Gasteiger partial charge in [-0.3, -0.25) is 4.90 Å². The smallest absolute Gasteiger partial charge is 0.201 e. The van der Waals surface area contributed by atoms with Crippen LogP contribution in [0.25, 0.3) is 0 Å². The van der Waals surface area contributed by atoms with Crippen molar-refractivity contribution < 1.29 is 29.2 Å². The topological polar surface area (TPSA) is 83.9 Å². The number of phenolic OH excluding ortho intramolecular Hbond substituents is 2. The first-order chi connectivity index (χ1) is 21.3. The first-order valence-electron chi connectivity index (χ1n) is 15.1. The van der Waals surface area contributed by atoms with Crippen molar-refractivity contribution in [1.82, 2.24) is 9.80 Å². The maximum absolute atomic E-state index is 11.4. The molecule has 8 heteroatoms. The van der Waals surface area contributed by atoms with Crippen LogP contribution in [0, 0.1) is 0 Å². The van der Waals surface area contributed by atoms with E-state index in [2.05, 4.69) is 48.2 Å². The fourth-order valence-corrected chi connectivity index (χ4v) is 7.06. The molecule has 228 valence electrons. The van der Waals surface area contributed by atoms with Gasteiger partial charge < -0.3 is 34.1 Å². The lowest BCUT2D eigenvalue weighted by molar-refractivity contribution is 0.228. The normalized spacial score (nSPS) is 19.6. The first kappa shape index (κ1) is 28.4. The van der Waals surface area contributed by atoms with Gasteiger partial charge in [0.05, 0.1) is 14.2 Å². The summed E-state index contributed by atoms with van der Waals surface area (Å²) < 4.78 is 24.3. The molecule has 4 aliphatic rings. The maximum atomic E-state index is 11.4. The number of hydrogen-bond donors (Lipinski definition) is 2. The summed E-state index contributed by atoms with van der Waals surface area (Å²) in [7, 11) is 7.45. The zero-order valence-corrected chi connectivity index (χ0v) is 25.6. The summed E-state index contributed by atoms with van der Waals surface area (Å²) in [6.45, 7) is 2.40. The van der Waals surface area contributed by atoms with Crippen LogP contribution in [0.15, 0.2) is 60.7 Å². The second-order valence-corrected chi connectivity index (χ2v) is 12.2. The molecule has 4 aliphatic heterocycles. The van der Waals surface area contributed by atoms with Gasteiger partial charge in [-0.05, 0) is 104 Å². The van der Waals surface area contributed by atoms with E-state index in [0.717, 1.165) is 42.6 Å². The molecule has 44 heavy (non-hydrogen) atoms. The van der Waals surface area contributed by atoms with E-state index < -0.39 is 0 Å². The van der Waals surface area contributed by atoms with Gasteiger partial charge in [0.2, 0.25) is 5.75 Å². The Morgan fingerprint density at radius 3 is 2.32 bits per heavy atom. The standard InChI is InChI=1S/C36H38N2O6/c1-37-19-24-13-22-7-10-29(39)30(15-22)44-32-18-27-23(16-31(32)41-3)11-12-38(2)28(27)14-21-5-8-26(9-6-21)43-36-34(24)25(20-37)17-33(42-4)35(36)40/h5-10,15-18,24,28,39-40H,11-14,19-20H2,1-4H3. The van der Waals surface area contributed by atoms with Gasteiger partial charge in [0, 0.05) is 37.2 Å². The number of aromatic hydroxyl groups is 2. The number of hydrogen-bond acceptors (Lipinski definition) is 8. The summed E-state index contributed by atoms with van der Waals surface area (Å²) in [5, 5.41) is 22.3. The molecule has 8 nitrogen and oxygen atoms in total. The molecule has 0 saturated carbocycles. The minimum atomic E-state index is -0.00375. The number of rotatable bonds is 2. The summed E-state index contributed by atoms with van der Waals surface area (Å²) in [5.74, 6) is 3.12. The van der Waals surface area contributed by atoms with Crippen molar-refractivity contribution in [2.45, 2.75) is 37.8 Å². The van der Waals surface area contributed by atoms with Gasteiger partial charge in [-0.2, -0.15) is 0 Å². The molecule has 4 aromatic carbocycles. The average Bonchev–Trinajstić information content (AvgIpc) is 3.01. The molecule has 0 saturated heterocycles. The lowest BCUT2D eigenvalue weighted by Gasteiger charge is -2.35. The van der Waals surface area contributed by atoms with Crippen LogP contribution < -0.4 is 18.9 Å². The second-order valence-electron chi connectivity index (χ2n) is 12.2. The quantitative estimate of drug-likeness (QED) is 0.270. The van der Waals surface area contributed by atoms with Crippen molar-refractivity contribution in [2.24, 2.45) is 0 Å². The number of nitrogens with zero attached hydrogens (tertiary/aromatic N) is 2. The number of phenols is 2. The monoisotopic (exact) mass is 594 g/mol. The van der Waals surface area contributed by atoms with Gasteiger partial charge in [-0.15, -0.1) is 0 Å². The summed E-state index contributed by atoms with van der Waals surface area (Å²) >= 11 is 0. The summed E-state index contributed by atoms with van der Waals surface area (Å²) in [4.78, 5) is 4.63. The van der Waals surface area contributed by atoms with E-state index in [-0.39, 0.29) is 23.5 Å². The van der Waals surface area contributed by atoms with Crippen LogP contribution in [0.5, 0.6) is 46.0 Å². The molecule has 0 aliphatic carbocycles. The zero-order chi connectivity index (χ0) is 30.5. The molecule has 0 spiro atoms. The van der Waals surface area contributed by atoms with Gasteiger partial charge >= 0.3 is 0 Å². The molecule has 2 atom stereocenters. The lowest BCUT2D eigenvalue weighted by Crippen LogP contribution is -2.33. The third-order valence-corrected chi connectivity index (χ3v) is 9.29. The van der Waals surface area contributed by atoms with Crippen LogP contribution in [0.4, 0.5) is 0 Å². The Labute approximate surface area is 258 Å². The van der Waals surface area contributed by atoms with Crippen molar-refractivity contribution in [3.8, 4) is 46.0 Å². The highest BCUT2D eigenvalue weighted by Gasteiger charge is 2.32. The summed E-state index contributed by atoms with van der Waals surface area (Å²) in [6, 6.07) is 19.9. The van der Waals surface area contributed by atoms with Crippen LogP contribution in [0.1, 0.15) is 45.3 Å². The van der Waals surface area contributed by atoms with Crippen LogP contribution in [-0.4, -0.2) is 61.4 Å². The Morgan fingerprint density at radius 2 is 1.55 bits per heavy atom. The van der Waals surface area contributed by atoms with Crippen LogP contribution in [-0.2, 0) is 25.8 Å². The highest BCUT2D eigenvalue weighted by Crippen LogP contribution is 2.49. The van der Waals surface area contributed by atoms with Crippen molar-refractivity contribution >= 4 is 0 Å². The minimum Gasteiger partial charge on any atom is -0.504 e. The van der Waals surface area contributed by atoms with E-state index in [9.17, 15) is 10.2 Å². The van der Waals surface area contributed by atoms with Crippen LogP contribution in [0.3, 0.4) is 0 Å². The Balaban J connectivity index is 1.41. The Hall–Kier alpha value is -4.40. The van der Waals surface area contributed by atoms with Crippen LogP contribution in [0.2, 0.25) is 0 Å². The van der Waals surface area contributed by atoms with E-state index in [4.69, 9.17) is 18.9 Å². The first-order valence-corrected chi connectivity index (χ1v) is 15.1. The summed E-state index contributed by atoms with van der Waals surface area (Å²) in [5.41, 5.74) is 6.60. The number of likely N-dealkylation sites (N-methyl/N-ethyl adjacent to an activating group) is 2. The fraction of sp³-hybridized carbons (Fsp3) is 0.333. The molecule has 2 unspecified atom stereocenters. The minimum absolute atomic E-state index is 0.000631. The highest BCUT2D eigenvalue weighted by molar-refractivity contribution is 5.62. The van der Waals surface area contributed by atoms with Gasteiger partial charge in [0.15, 0.2) is 34.5 Å². The highest BCUT2D eigenvalue weighted by atomic mass is 16.5. The summed E-state index contributed by atoms with van der Waals surface area (Å²) in [6.07, 6.45) is 2.35. The third-order valence-electron chi connectivity index (χ3n) is 9.29. The average molecular weight is 595 g/mol. The molecular weight excluding hydrogens is 556 g/mol. The van der Waals surface area contributed by atoms with Crippen molar-refractivity contribution in [3.63, 3.8) is 0 Å². The molecule has 2 N–H and O–H groups in total. The van der Waals surface area contributed by atoms with Gasteiger partial charge in [-0.1, -0.05) is 18.2 Å². The Morgan fingerprint density at radius 1 is 0.795 bits per heavy atom. The van der Waals surface area contributed by atoms with Crippen molar-refractivity contribution in [1.29, 1.82) is 0 Å². The molecule has 0 aromatic heterocycles. The van der Waals surface area contributed by atoms with E-state index in [1.165, 1.54) is 16.7 Å². The molecule has 8 rings (SSSR count). The zero-order valence-electron chi connectivity index (χ0n) is 25.6. The Bertz CT molecular complexity index is 1720. The predicted octanol–water partition coefficient (Wildman–Crippen LogP) is 6.56. The molecule has 4 heterocycles. The van der Waals surface area contributed by atoms with E-state index >= 15 is 0 Å². The third kappa shape index (κ3) is 5.08. The fourth-order valence-electron chi connectivity index (χ4n) is 7.06.